The molecule has 81 heavy (non-hydrogen) atoms. The second kappa shape index (κ2) is 69.6. The molecule has 1 atom stereocenters. The van der Waals surface area contributed by atoms with E-state index >= 15 is 0 Å². The van der Waals surface area contributed by atoms with Gasteiger partial charge in [0.15, 0.2) is 6.10 Å². The van der Waals surface area contributed by atoms with E-state index in [1.54, 1.807) is 0 Å². The molecular weight excluding hydrogens is 997 g/mol. The van der Waals surface area contributed by atoms with Gasteiger partial charge in [-0.2, -0.15) is 0 Å². The Labute approximate surface area is 504 Å². The van der Waals surface area contributed by atoms with Crippen LogP contribution in [0.4, 0.5) is 0 Å². The average molecular weight is 1130 g/mol. The second-order valence-electron chi connectivity index (χ2n) is 24.1. The Kier molecular flexibility index (Phi) is 67.1. The molecular formula is C75H136O6. The second-order valence-corrected chi connectivity index (χ2v) is 24.1. The topological polar surface area (TPSA) is 78.9 Å². The van der Waals surface area contributed by atoms with Crippen molar-refractivity contribution in [3.05, 3.63) is 60.8 Å². The van der Waals surface area contributed by atoms with Crippen LogP contribution in [0.3, 0.4) is 0 Å². The molecule has 0 aromatic carbocycles. The molecule has 0 heterocycles. The number of hydrogen-bond donors (Lipinski definition) is 0. The minimum absolute atomic E-state index is 0.0720. The lowest BCUT2D eigenvalue weighted by molar-refractivity contribution is -0.167. The monoisotopic (exact) mass is 1130 g/mol. The maximum Gasteiger partial charge on any atom is 0.306 e. The van der Waals surface area contributed by atoms with Crippen LogP contribution in [0.1, 0.15) is 380 Å². The van der Waals surface area contributed by atoms with Gasteiger partial charge in [-0.05, 0) is 83.5 Å². The van der Waals surface area contributed by atoms with Crippen LogP contribution in [0.2, 0.25) is 0 Å². The van der Waals surface area contributed by atoms with Crippen molar-refractivity contribution in [1.82, 2.24) is 0 Å². The number of unbranched alkanes of at least 4 members (excludes halogenated alkanes) is 45. The van der Waals surface area contributed by atoms with E-state index in [1.165, 1.54) is 257 Å². The van der Waals surface area contributed by atoms with E-state index < -0.39 is 6.10 Å². The Hall–Kier alpha value is -2.89. The highest BCUT2D eigenvalue weighted by molar-refractivity contribution is 5.71. The maximum absolute atomic E-state index is 13.0. The minimum atomic E-state index is -0.776. The highest BCUT2D eigenvalue weighted by Crippen LogP contribution is 2.18. The molecule has 0 radical (unpaired) electrons. The number of carbonyl (C=O) groups excluding carboxylic acids is 3. The summed E-state index contributed by atoms with van der Waals surface area (Å²) in [6.45, 7) is 6.59. The molecule has 0 N–H and O–H groups in total. The predicted molar refractivity (Wildman–Crippen MR) is 353 cm³/mol. The molecule has 6 heteroatoms. The molecule has 0 spiro atoms. The van der Waals surface area contributed by atoms with E-state index in [1.807, 2.05) is 0 Å². The fourth-order valence-corrected chi connectivity index (χ4v) is 10.7. The summed E-state index contributed by atoms with van der Waals surface area (Å²) in [4.78, 5) is 38.5. The summed E-state index contributed by atoms with van der Waals surface area (Å²) < 4.78 is 17.0. The maximum atomic E-state index is 13.0. The highest BCUT2D eigenvalue weighted by Gasteiger charge is 2.19. The standard InChI is InChI=1S/C75H136O6/c1-4-7-10-13-16-19-22-25-28-31-34-36-37-38-39-40-42-44-47-50-53-56-59-62-65-68-74(77)80-71-72(70-79-73(76)67-64-61-58-55-52-49-46-43-33-30-27-24-21-18-15-12-9-6-3)81-75(78)69-66-63-60-57-54-51-48-45-41-35-32-29-26-23-20-17-14-11-8-5-2/h7,10,16,19,25,28,30,33-34,36,72H,4-6,8-9,11-15,17-18,20-24,26-27,29,31-32,35,37-71H2,1-3H3/b10-7-,19-16-,28-25-,33-30-,36-34-. The lowest BCUT2D eigenvalue weighted by atomic mass is 10.0. The normalized spacial score (nSPS) is 12.4. The summed E-state index contributed by atoms with van der Waals surface area (Å²) in [6, 6.07) is 0. The molecule has 0 bridgehead atoms. The van der Waals surface area contributed by atoms with Gasteiger partial charge in [0.1, 0.15) is 13.2 Å². The van der Waals surface area contributed by atoms with Crippen LogP contribution >= 0.6 is 0 Å². The summed E-state index contributed by atoms with van der Waals surface area (Å²) >= 11 is 0. The molecule has 0 fully saturated rings. The Morgan fingerprint density at radius 1 is 0.259 bits per heavy atom. The van der Waals surface area contributed by atoms with Gasteiger partial charge in [0.05, 0.1) is 0 Å². The molecule has 0 aromatic rings. The van der Waals surface area contributed by atoms with Gasteiger partial charge in [-0.25, -0.2) is 0 Å². The zero-order chi connectivity index (χ0) is 58.5. The van der Waals surface area contributed by atoms with Crippen LogP contribution < -0.4 is 0 Å². The number of ether oxygens (including phenoxy) is 3. The van der Waals surface area contributed by atoms with Crippen molar-refractivity contribution in [2.24, 2.45) is 0 Å². The fourth-order valence-electron chi connectivity index (χ4n) is 10.7. The minimum Gasteiger partial charge on any atom is -0.462 e. The number of allylic oxidation sites excluding steroid dienone is 10. The van der Waals surface area contributed by atoms with Gasteiger partial charge < -0.3 is 14.2 Å². The van der Waals surface area contributed by atoms with Crippen molar-refractivity contribution in [3.63, 3.8) is 0 Å². The first-order valence-corrected chi connectivity index (χ1v) is 35.8. The molecule has 1 unspecified atom stereocenters. The van der Waals surface area contributed by atoms with E-state index in [0.717, 1.165) is 83.5 Å². The van der Waals surface area contributed by atoms with Gasteiger partial charge in [-0.3, -0.25) is 14.4 Å². The summed E-state index contributed by atoms with van der Waals surface area (Å²) in [6.07, 6.45) is 89.6. The van der Waals surface area contributed by atoms with Crippen LogP contribution in [0.25, 0.3) is 0 Å². The number of carbonyl (C=O) groups is 3. The van der Waals surface area contributed by atoms with Gasteiger partial charge in [-0.15, -0.1) is 0 Å². The highest BCUT2D eigenvalue weighted by atomic mass is 16.6. The Morgan fingerprint density at radius 2 is 0.481 bits per heavy atom. The van der Waals surface area contributed by atoms with Gasteiger partial charge in [0.2, 0.25) is 0 Å². The van der Waals surface area contributed by atoms with E-state index in [9.17, 15) is 14.4 Å². The number of hydrogen-bond acceptors (Lipinski definition) is 6. The average Bonchev–Trinajstić information content (AvgIpc) is 3.47. The molecule has 472 valence electrons. The Bertz CT molecular complexity index is 1440. The van der Waals surface area contributed by atoms with Gasteiger partial charge >= 0.3 is 17.9 Å². The molecule has 0 aliphatic carbocycles. The molecule has 6 nitrogen and oxygen atoms in total. The van der Waals surface area contributed by atoms with Gasteiger partial charge in [0, 0.05) is 19.3 Å². The number of rotatable bonds is 66. The first-order chi connectivity index (χ1) is 40.0. The SMILES string of the molecule is CC/C=C\C/C=C\C/C=C\C/C=C\CCCCCCCCCCCCCCC(=O)OCC(COC(=O)CCCCCCCCC/C=C\CCCCCCCCC)OC(=O)CCCCCCCCCCCCCCCCCCCCCC. The molecule has 0 saturated carbocycles. The summed E-state index contributed by atoms with van der Waals surface area (Å²) in [7, 11) is 0. The van der Waals surface area contributed by atoms with E-state index in [-0.39, 0.29) is 31.1 Å². The van der Waals surface area contributed by atoms with Crippen LogP contribution in [0, 0.1) is 0 Å². The fraction of sp³-hybridized carbons (Fsp3) is 0.827. The van der Waals surface area contributed by atoms with Crippen molar-refractivity contribution in [1.29, 1.82) is 0 Å². The van der Waals surface area contributed by atoms with Crippen LogP contribution in [-0.4, -0.2) is 37.2 Å². The molecule has 0 aromatic heterocycles. The molecule has 0 amide bonds. The van der Waals surface area contributed by atoms with Crippen LogP contribution in [0.5, 0.6) is 0 Å². The molecule has 0 saturated heterocycles. The molecule has 0 aliphatic heterocycles. The largest absolute Gasteiger partial charge is 0.462 e. The van der Waals surface area contributed by atoms with E-state index in [4.69, 9.17) is 14.2 Å². The van der Waals surface area contributed by atoms with Gasteiger partial charge in [-0.1, -0.05) is 338 Å². The van der Waals surface area contributed by atoms with Crippen molar-refractivity contribution in [3.8, 4) is 0 Å². The third kappa shape index (κ3) is 67.8. The van der Waals surface area contributed by atoms with E-state index in [0.29, 0.717) is 19.3 Å². The smallest absolute Gasteiger partial charge is 0.306 e. The van der Waals surface area contributed by atoms with Crippen LogP contribution in [-0.2, 0) is 28.6 Å². The third-order valence-corrected chi connectivity index (χ3v) is 16.0. The summed E-state index contributed by atoms with van der Waals surface area (Å²) in [5, 5.41) is 0. The first-order valence-electron chi connectivity index (χ1n) is 35.8. The van der Waals surface area contributed by atoms with Crippen molar-refractivity contribution in [2.75, 3.05) is 13.2 Å². The Morgan fingerprint density at radius 3 is 0.765 bits per heavy atom. The zero-order valence-electron chi connectivity index (χ0n) is 54.3. The third-order valence-electron chi connectivity index (χ3n) is 16.0. The first kappa shape index (κ1) is 78.1. The summed E-state index contributed by atoms with van der Waals surface area (Å²) in [5.41, 5.74) is 0. The van der Waals surface area contributed by atoms with E-state index in [2.05, 4.69) is 81.5 Å². The van der Waals surface area contributed by atoms with Crippen molar-refractivity contribution >= 4 is 17.9 Å². The summed E-state index contributed by atoms with van der Waals surface area (Å²) in [5.74, 6) is -0.850. The van der Waals surface area contributed by atoms with Crippen molar-refractivity contribution < 1.29 is 28.6 Å². The number of esters is 3. The van der Waals surface area contributed by atoms with Gasteiger partial charge in [0.25, 0.3) is 0 Å². The molecule has 0 aliphatic rings. The van der Waals surface area contributed by atoms with Crippen molar-refractivity contribution in [2.45, 2.75) is 386 Å². The van der Waals surface area contributed by atoms with Crippen LogP contribution in [0.15, 0.2) is 60.8 Å². The molecule has 0 rings (SSSR count). The Balaban J connectivity index is 4.32. The lowest BCUT2D eigenvalue weighted by Crippen LogP contribution is -2.30. The predicted octanol–water partition coefficient (Wildman–Crippen LogP) is 24.7. The lowest BCUT2D eigenvalue weighted by Gasteiger charge is -2.18. The quantitative estimate of drug-likeness (QED) is 0.0261. The zero-order valence-corrected chi connectivity index (χ0v) is 54.3.